The van der Waals surface area contributed by atoms with Crippen LogP contribution >= 0.6 is 0 Å². The molecular formula is C28H34O4. The molecule has 0 heterocycles. The number of aliphatic hydroxyl groups is 2. The molecule has 0 aliphatic heterocycles. The average Bonchev–Trinajstić information content (AvgIpc) is 3.11. The Balaban J connectivity index is 1.46. The number of rotatable bonds is 8. The van der Waals surface area contributed by atoms with Crippen LogP contribution in [0.1, 0.15) is 60.5 Å². The number of esters is 1. The maximum Gasteiger partial charge on any atom is 0.343 e. The van der Waals surface area contributed by atoms with Crippen LogP contribution in [0.3, 0.4) is 0 Å². The molecule has 0 spiro atoms. The summed E-state index contributed by atoms with van der Waals surface area (Å²) in [4.78, 5) is 12.6. The Morgan fingerprint density at radius 1 is 1.12 bits per heavy atom. The maximum atomic E-state index is 12.6. The third kappa shape index (κ3) is 5.13. The van der Waals surface area contributed by atoms with Gasteiger partial charge < -0.3 is 14.9 Å². The highest BCUT2D eigenvalue weighted by atomic mass is 16.5. The van der Waals surface area contributed by atoms with Crippen LogP contribution in [0.2, 0.25) is 0 Å². The molecule has 0 saturated heterocycles. The van der Waals surface area contributed by atoms with Gasteiger partial charge in [0.15, 0.2) is 0 Å². The van der Waals surface area contributed by atoms with Crippen molar-refractivity contribution in [3.63, 3.8) is 0 Å². The number of unbranched alkanes of at least 4 members (excludes halogenated alkanes) is 2. The number of benzene rings is 2. The molecule has 0 bridgehead atoms. The van der Waals surface area contributed by atoms with Gasteiger partial charge in [-0.25, -0.2) is 4.79 Å². The molecule has 170 valence electrons. The number of hydrogen-bond donors (Lipinski definition) is 2. The Morgan fingerprint density at radius 3 is 2.72 bits per heavy atom. The molecule has 0 radical (unpaired) electrons. The highest BCUT2D eigenvalue weighted by molar-refractivity contribution is 5.91. The molecule has 2 N–H and O–H groups in total. The second-order valence-electron chi connectivity index (χ2n) is 9.31. The van der Waals surface area contributed by atoms with Gasteiger partial charge in [0.25, 0.3) is 0 Å². The zero-order valence-corrected chi connectivity index (χ0v) is 18.8. The number of hydrogen-bond acceptors (Lipinski definition) is 4. The van der Waals surface area contributed by atoms with Crippen molar-refractivity contribution < 1.29 is 19.7 Å². The summed E-state index contributed by atoms with van der Waals surface area (Å²) < 4.78 is 5.78. The van der Waals surface area contributed by atoms with Crippen molar-refractivity contribution >= 4 is 5.97 Å². The van der Waals surface area contributed by atoms with Gasteiger partial charge in [0.1, 0.15) is 5.75 Å². The summed E-state index contributed by atoms with van der Waals surface area (Å²) in [6, 6.07) is 15.0. The molecule has 1 unspecified atom stereocenters. The first-order chi connectivity index (χ1) is 15.6. The molecule has 2 aromatic carbocycles. The molecule has 2 aliphatic carbocycles. The van der Waals surface area contributed by atoms with E-state index < -0.39 is 12.2 Å². The van der Waals surface area contributed by atoms with Gasteiger partial charge in [0.05, 0.1) is 17.8 Å². The molecule has 1 saturated carbocycles. The molecule has 0 aromatic heterocycles. The minimum Gasteiger partial charge on any atom is -0.423 e. The van der Waals surface area contributed by atoms with Crippen LogP contribution in [0.5, 0.6) is 5.75 Å². The summed E-state index contributed by atoms with van der Waals surface area (Å²) in [5.41, 5.74) is 2.83. The summed E-state index contributed by atoms with van der Waals surface area (Å²) in [6.07, 6.45) is 9.59. The van der Waals surface area contributed by atoms with E-state index in [4.69, 9.17) is 4.74 Å². The Kier molecular flexibility index (Phi) is 7.44. The van der Waals surface area contributed by atoms with E-state index in [0.29, 0.717) is 23.1 Å². The van der Waals surface area contributed by atoms with Gasteiger partial charge in [-0.05, 0) is 66.8 Å². The lowest BCUT2D eigenvalue weighted by Gasteiger charge is -2.31. The summed E-state index contributed by atoms with van der Waals surface area (Å²) in [5.74, 6) is 1.04. The minimum absolute atomic E-state index is 0.0597. The fourth-order valence-corrected chi connectivity index (χ4v) is 5.39. The smallest absolute Gasteiger partial charge is 0.343 e. The lowest BCUT2D eigenvalue weighted by molar-refractivity contribution is 0.0731. The van der Waals surface area contributed by atoms with Gasteiger partial charge in [-0.3, -0.25) is 0 Å². The van der Waals surface area contributed by atoms with Gasteiger partial charge >= 0.3 is 5.97 Å². The lowest BCUT2D eigenvalue weighted by Crippen LogP contribution is -2.26. The van der Waals surface area contributed by atoms with Crippen LogP contribution in [0.25, 0.3) is 0 Å². The third-order valence-corrected chi connectivity index (χ3v) is 7.11. The van der Waals surface area contributed by atoms with Gasteiger partial charge in [0, 0.05) is 5.92 Å². The highest BCUT2D eigenvalue weighted by Gasteiger charge is 2.44. The van der Waals surface area contributed by atoms with E-state index in [-0.39, 0.29) is 11.9 Å². The molecule has 0 amide bonds. The standard InChI is InChI=1S/C28H34O4/c1-2-3-5-12-22(29)14-15-23-24-16-20-11-8-13-27(25(20)17-21(24)18-26(23)30)32-28(31)19-9-6-4-7-10-19/h4,6-11,13-15,21-24,26,29-30H,2-3,5,12,16-18H2,1H3/b15-14+/t21?,22-,23+,24-,26+/m0/s1. The summed E-state index contributed by atoms with van der Waals surface area (Å²) >= 11 is 0. The zero-order chi connectivity index (χ0) is 22.5. The van der Waals surface area contributed by atoms with Crippen LogP contribution in [-0.2, 0) is 12.8 Å². The fraction of sp³-hybridized carbons (Fsp3) is 0.464. The van der Waals surface area contributed by atoms with E-state index in [1.54, 1.807) is 12.1 Å². The second-order valence-corrected chi connectivity index (χ2v) is 9.31. The zero-order valence-electron chi connectivity index (χ0n) is 18.8. The molecule has 5 atom stereocenters. The van der Waals surface area contributed by atoms with Crippen molar-refractivity contribution in [2.75, 3.05) is 0 Å². The first kappa shape index (κ1) is 22.8. The van der Waals surface area contributed by atoms with Crippen molar-refractivity contribution in [3.8, 4) is 5.75 Å². The van der Waals surface area contributed by atoms with Crippen molar-refractivity contribution in [1.82, 2.24) is 0 Å². The van der Waals surface area contributed by atoms with Crippen LogP contribution in [0.4, 0.5) is 0 Å². The van der Waals surface area contributed by atoms with Crippen molar-refractivity contribution in [2.24, 2.45) is 17.8 Å². The Bertz CT molecular complexity index is 936. The minimum atomic E-state index is -0.437. The molecule has 1 fully saturated rings. The molecule has 2 aromatic rings. The Hall–Kier alpha value is -2.43. The number of fused-ring (bicyclic) bond motifs is 2. The second kappa shape index (κ2) is 10.5. The van der Waals surface area contributed by atoms with Crippen LogP contribution in [-0.4, -0.2) is 28.4 Å². The monoisotopic (exact) mass is 434 g/mol. The van der Waals surface area contributed by atoms with E-state index >= 15 is 0 Å². The number of ether oxygens (including phenoxy) is 1. The van der Waals surface area contributed by atoms with E-state index in [9.17, 15) is 15.0 Å². The van der Waals surface area contributed by atoms with Crippen molar-refractivity contribution in [3.05, 3.63) is 77.4 Å². The van der Waals surface area contributed by atoms with Gasteiger partial charge in [0.2, 0.25) is 0 Å². The summed E-state index contributed by atoms with van der Waals surface area (Å²) in [5, 5.41) is 21.0. The number of carbonyl (C=O) groups is 1. The summed E-state index contributed by atoms with van der Waals surface area (Å²) in [6.45, 7) is 2.16. The maximum absolute atomic E-state index is 12.6. The van der Waals surface area contributed by atoms with Crippen LogP contribution < -0.4 is 4.74 Å². The lowest BCUT2D eigenvalue weighted by atomic mass is 9.74. The highest BCUT2D eigenvalue weighted by Crippen LogP contribution is 2.47. The molecule has 4 rings (SSSR count). The normalized spacial score (nSPS) is 25.3. The van der Waals surface area contributed by atoms with Gasteiger partial charge in [-0.1, -0.05) is 68.7 Å². The molecular weight excluding hydrogens is 400 g/mol. The van der Waals surface area contributed by atoms with E-state index in [0.717, 1.165) is 50.5 Å². The average molecular weight is 435 g/mol. The fourth-order valence-electron chi connectivity index (χ4n) is 5.39. The number of carbonyl (C=O) groups excluding carboxylic acids is 1. The Morgan fingerprint density at radius 2 is 1.94 bits per heavy atom. The molecule has 32 heavy (non-hydrogen) atoms. The Labute approximate surface area is 190 Å². The van der Waals surface area contributed by atoms with Crippen molar-refractivity contribution in [2.45, 2.75) is 64.1 Å². The van der Waals surface area contributed by atoms with E-state index in [1.807, 2.05) is 36.4 Å². The van der Waals surface area contributed by atoms with Crippen molar-refractivity contribution in [1.29, 1.82) is 0 Å². The molecule has 4 nitrogen and oxygen atoms in total. The summed E-state index contributed by atoms with van der Waals surface area (Å²) in [7, 11) is 0. The van der Waals surface area contributed by atoms with E-state index in [2.05, 4.69) is 19.1 Å². The third-order valence-electron chi connectivity index (χ3n) is 7.11. The topological polar surface area (TPSA) is 66.8 Å². The van der Waals surface area contributed by atoms with Gasteiger partial charge in [-0.15, -0.1) is 0 Å². The van der Waals surface area contributed by atoms with Crippen LogP contribution in [0.15, 0.2) is 60.7 Å². The van der Waals surface area contributed by atoms with E-state index in [1.165, 1.54) is 5.56 Å². The first-order valence-corrected chi connectivity index (χ1v) is 12.0. The predicted octanol–water partition coefficient (Wildman–Crippen LogP) is 5.12. The largest absolute Gasteiger partial charge is 0.423 e. The molecule has 4 heteroatoms. The predicted molar refractivity (Wildman–Crippen MR) is 126 cm³/mol. The van der Waals surface area contributed by atoms with Crippen LogP contribution in [0, 0.1) is 17.8 Å². The number of aliphatic hydroxyl groups excluding tert-OH is 2. The molecule has 2 aliphatic rings. The first-order valence-electron chi connectivity index (χ1n) is 12.0. The quantitative estimate of drug-likeness (QED) is 0.262. The SMILES string of the molecule is CCCCC[C@H](O)/C=C/[C@H]1[C@H](O)CC2Cc3c(cccc3OC(=O)c3ccccc3)C[C@@H]21. The van der Waals surface area contributed by atoms with Gasteiger partial charge in [-0.2, -0.15) is 0 Å².